The maximum atomic E-state index is 12.9. The van der Waals surface area contributed by atoms with E-state index in [1.807, 2.05) is 42.5 Å². The number of amides is 2. The summed E-state index contributed by atoms with van der Waals surface area (Å²) in [5.74, 6) is 3.38. The molecule has 0 radical (unpaired) electrons. The Hall–Kier alpha value is -4.54. The summed E-state index contributed by atoms with van der Waals surface area (Å²) in [4.78, 5) is 25.6. The van der Waals surface area contributed by atoms with Crippen LogP contribution in [-0.4, -0.2) is 78.0 Å². The number of hydrogen-bond acceptors (Lipinski definition) is 8. The van der Waals surface area contributed by atoms with Crippen LogP contribution in [0.25, 0.3) is 16.9 Å². The van der Waals surface area contributed by atoms with Crippen molar-refractivity contribution in [2.24, 2.45) is 0 Å². The van der Waals surface area contributed by atoms with E-state index in [4.69, 9.17) is 14.2 Å². The van der Waals surface area contributed by atoms with Crippen molar-refractivity contribution in [2.45, 2.75) is 0 Å². The van der Waals surface area contributed by atoms with Crippen LogP contribution in [0.1, 0.15) is 0 Å². The van der Waals surface area contributed by atoms with Crippen molar-refractivity contribution in [3.8, 4) is 28.4 Å². The van der Waals surface area contributed by atoms with Gasteiger partial charge in [0.2, 0.25) is 0 Å². The van der Waals surface area contributed by atoms with Gasteiger partial charge in [0.15, 0.2) is 11.5 Å². The monoisotopic (exact) mass is 489 g/mol. The minimum absolute atomic E-state index is 0.138. The standard InChI is InChI=1S/C25H27N7O4/c1-34-19-7-5-18(6-8-19)29-25(33)31-12-10-30(11-13-31)23-20(15-26-24-27-16-28-32(23)24)17-4-9-21(35-2)22(14-17)36-3/h4-9,14-16H,10-13H2,1-3H3,(H,29,33). The van der Waals surface area contributed by atoms with Crippen LogP contribution in [0.4, 0.5) is 16.3 Å². The fourth-order valence-electron chi connectivity index (χ4n) is 4.28. The topological polar surface area (TPSA) is 106 Å². The number of urea groups is 1. The first-order valence-corrected chi connectivity index (χ1v) is 11.5. The summed E-state index contributed by atoms with van der Waals surface area (Å²) in [7, 11) is 4.83. The molecule has 0 atom stereocenters. The molecule has 2 amide bonds. The van der Waals surface area contributed by atoms with Crippen LogP contribution < -0.4 is 24.4 Å². The van der Waals surface area contributed by atoms with Gasteiger partial charge in [-0.3, -0.25) is 0 Å². The van der Waals surface area contributed by atoms with Crippen molar-refractivity contribution in [3.05, 3.63) is 55.0 Å². The molecule has 11 nitrogen and oxygen atoms in total. The third-order valence-electron chi connectivity index (χ3n) is 6.18. The number of anilines is 2. The summed E-state index contributed by atoms with van der Waals surface area (Å²) in [6.07, 6.45) is 3.28. The van der Waals surface area contributed by atoms with Gasteiger partial charge in [0.1, 0.15) is 17.9 Å². The summed E-state index contributed by atoms with van der Waals surface area (Å²) in [6.45, 7) is 2.34. The molecule has 0 saturated carbocycles. The quantitative estimate of drug-likeness (QED) is 0.440. The van der Waals surface area contributed by atoms with Crippen LogP contribution in [0.3, 0.4) is 0 Å². The highest BCUT2D eigenvalue weighted by molar-refractivity contribution is 5.89. The van der Waals surface area contributed by atoms with Gasteiger partial charge in [0.05, 0.1) is 21.3 Å². The zero-order chi connectivity index (χ0) is 25.1. The number of hydrogen-bond donors (Lipinski definition) is 1. The number of benzene rings is 2. The van der Waals surface area contributed by atoms with Crippen LogP contribution in [0, 0.1) is 0 Å². The second kappa shape index (κ2) is 9.98. The molecule has 0 bridgehead atoms. The number of ether oxygens (including phenoxy) is 3. The lowest BCUT2D eigenvalue weighted by Gasteiger charge is -2.36. The molecule has 1 aliphatic heterocycles. The maximum Gasteiger partial charge on any atom is 0.321 e. The summed E-state index contributed by atoms with van der Waals surface area (Å²) in [5, 5.41) is 7.38. The van der Waals surface area contributed by atoms with E-state index in [1.54, 1.807) is 36.9 Å². The maximum absolute atomic E-state index is 12.9. The lowest BCUT2D eigenvalue weighted by molar-refractivity contribution is 0.208. The smallest absolute Gasteiger partial charge is 0.321 e. The molecule has 36 heavy (non-hydrogen) atoms. The number of nitrogens with one attached hydrogen (secondary N) is 1. The second-order valence-corrected chi connectivity index (χ2v) is 8.17. The van der Waals surface area contributed by atoms with Gasteiger partial charge in [-0.2, -0.15) is 14.6 Å². The largest absolute Gasteiger partial charge is 0.497 e. The molecule has 1 saturated heterocycles. The molecular weight excluding hydrogens is 462 g/mol. The summed E-state index contributed by atoms with van der Waals surface area (Å²) in [5.41, 5.74) is 2.51. The Balaban J connectivity index is 1.38. The first kappa shape index (κ1) is 23.2. The van der Waals surface area contributed by atoms with Gasteiger partial charge in [0, 0.05) is 43.6 Å². The van der Waals surface area contributed by atoms with Gasteiger partial charge >= 0.3 is 6.03 Å². The second-order valence-electron chi connectivity index (χ2n) is 8.17. The summed E-state index contributed by atoms with van der Waals surface area (Å²) >= 11 is 0. The molecule has 4 aromatic rings. The first-order valence-electron chi connectivity index (χ1n) is 11.5. The number of fused-ring (bicyclic) bond motifs is 1. The third-order valence-corrected chi connectivity index (χ3v) is 6.18. The number of carbonyl (C=O) groups is 1. The molecule has 2 aromatic heterocycles. The van der Waals surface area contributed by atoms with E-state index in [0.29, 0.717) is 43.5 Å². The Morgan fingerprint density at radius 3 is 2.33 bits per heavy atom. The van der Waals surface area contributed by atoms with Gasteiger partial charge in [-0.1, -0.05) is 6.07 Å². The molecule has 5 rings (SSSR count). The van der Waals surface area contributed by atoms with E-state index >= 15 is 0 Å². The van der Waals surface area contributed by atoms with E-state index in [0.717, 1.165) is 28.4 Å². The molecule has 3 heterocycles. The van der Waals surface area contributed by atoms with Crippen molar-refractivity contribution in [2.75, 3.05) is 57.7 Å². The number of rotatable bonds is 6. The van der Waals surface area contributed by atoms with Crippen molar-refractivity contribution < 1.29 is 19.0 Å². The Labute approximate surface area is 208 Å². The van der Waals surface area contributed by atoms with Crippen molar-refractivity contribution in [1.82, 2.24) is 24.5 Å². The van der Waals surface area contributed by atoms with Gasteiger partial charge in [-0.15, -0.1) is 0 Å². The Kier molecular flexibility index (Phi) is 6.44. The van der Waals surface area contributed by atoms with Crippen LogP contribution in [0.5, 0.6) is 17.2 Å². The molecule has 0 unspecified atom stereocenters. The van der Waals surface area contributed by atoms with Gasteiger partial charge < -0.3 is 29.3 Å². The molecule has 186 valence electrons. The van der Waals surface area contributed by atoms with E-state index in [9.17, 15) is 4.79 Å². The fourth-order valence-corrected chi connectivity index (χ4v) is 4.28. The number of carbonyl (C=O) groups excluding carboxylic acids is 1. The molecule has 0 spiro atoms. The molecule has 1 fully saturated rings. The number of methoxy groups -OCH3 is 3. The highest BCUT2D eigenvalue weighted by Gasteiger charge is 2.26. The molecule has 1 aliphatic rings. The fraction of sp³-hybridized carbons (Fsp3) is 0.280. The third kappa shape index (κ3) is 4.42. The SMILES string of the molecule is COc1ccc(NC(=O)N2CCN(c3c(-c4ccc(OC)c(OC)c4)cnc4ncnn34)CC2)cc1. The van der Waals surface area contributed by atoms with E-state index < -0.39 is 0 Å². The van der Waals surface area contributed by atoms with Crippen molar-refractivity contribution in [3.63, 3.8) is 0 Å². The summed E-state index contributed by atoms with van der Waals surface area (Å²) in [6, 6.07) is 12.9. The zero-order valence-corrected chi connectivity index (χ0v) is 20.3. The average molecular weight is 490 g/mol. The van der Waals surface area contributed by atoms with E-state index in [1.165, 1.54) is 6.33 Å². The zero-order valence-electron chi connectivity index (χ0n) is 20.3. The van der Waals surface area contributed by atoms with Crippen molar-refractivity contribution >= 4 is 23.3 Å². The van der Waals surface area contributed by atoms with Gasteiger partial charge in [0.25, 0.3) is 5.78 Å². The van der Waals surface area contributed by atoms with E-state index in [2.05, 4.69) is 25.3 Å². The van der Waals surface area contributed by atoms with Crippen LogP contribution >= 0.6 is 0 Å². The Bertz CT molecular complexity index is 1360. The minimum Gasteiger partial charge on any atom is -0.497 e. The van der Waals surface area contributed by atoms with Crippen LogP contribution in [0.2, 0.25) is 0 Å². The molecule has 11 heteroatoms. The minimum atomic E-state index is -0.138. The molecule has 1 N–H and O–H groups in total. The van der Waals surface area contributed by atoms with Crippen LogP contribution in [0.15, 0.2) is 55.0 Å². The number of aromatic nitrogens is 4. The van der Waals surface area contributed by atoms with Crippen molar-refractivity contribution in [1.29, 1.82) is 0 Å². The first-order chi connectivity index (χ1) is 17.6. The van der Waals surface area contributed by atoms with Gasteiger partial charge in [-0.25, -0.2) is 9.78 Å². The molecular formula is C25H27N7O4. The molecule has 2 aromatic carbocycles. The lowest BCUT2D eigenvalue weighted by atomic mass is 10.1. The Morgan fingerprint density at radius 2 is 1.64 bits per heavy atom. The molecule has 0 aliphatic carbocycles. The Morgan fingerprint density at radius 1 is 0.889 bits per heavy atom. The summed E-state index contributed by atoms with van der Waals surface area (Å²) < 4.78 is 17.8. The number of piperazine rings is 1. The van der Waals surface area contributed by atoms with Crippen LogP contribution in [-0.2, 0) is 0 Å². The predicted octanol–water partition coefficient (Wildman–Crippen LogP) is 3.17. The highest BCUT2D eigenvalue weighted by atomic mass is 16.5. The highest BCUT2D eigenvalue weighted by Crippen LogP contribution is 2.36. The normalized spacial score (nSPS) is 13.5. The predicted molar refractivity (Wildman–Crippen MR) is 135 cm³/mol. The number of nitrogens with zero attached hydrogens (tertiary/aromatic N) is 6. The average Bonchev–Trinajstić information content (AvgIpc) is 3.41. The van der Waals surface area contributed by atoms with Gasteiger partial charge in [-0.05, 0) is 42.0 Å². The van der Waals surface area contributed by atoms with E-state index in [-0.39, 0.29) is 6.03 Å². The lowest BCUT2D eigenvalue weighted by Crippen LogP contribution is -2.50.